The van der Waals surface area contributed by atoms with Gasteiger partial charge in [0.25, 0.3) is 0 Å². The van der Waals surface area contributed by atoms with E-state index in [9.17, 15) is 4.39 Å². The normalized spacial score (nSPS) is 13.5. The molecule has 0 bridgehead atoms. The third-order valence-corrected chi connectivity index (χ3v) is 1.95. The highest BCUT2D eigenvalue weighted by molar-refractivity contribution is 5.75. The topological polar surface area (TPSA) is 54.7 Å². The van der Waals surface area contributed by atoms with Crippen LogP contribution in [0.25, 0.3) is 11.0 Å². The zero-order chi connectivity index (χ0) is 9.42. The number of fused-ring (bicyclic) bond motifs is 1. The number of halogens is 1. The van der Waals surface area contributed by atoms with Crippen LogP contribution in [0.1, 0.15) is 18.7 Å². The van der Waals surface area contributed by atoms with Gasteiger partial charge in [-0.05, 0) is 13.0 Å². The van der Waals surface area contributed by atoms with Gasteiger partial charge in [0.05, 0.1) is 17.2 Å². The summed E-state index contributed by atoms with van der Waals surface area (Å²) in [6.07, 6.45) is 1.20. The largest absolute Gasteiger partial charge is 0.356 e. The lowest BCUT2D eigenvalue weighted by Crippen LogP contribution is -2.04. The van der Waals surface area contributed by atoms with E-state index in [1.54, 1.807) is 0 Å². The molecule has 2 rings (SSSR count). The molecule has 2 aromatic heterocycles. The summed E-state index contributed by atoms with van der Waals surface area (Å²) >= 11 is 0. The lowest BCUT2D eigenvalue weighted by Gasteiger charge is -1.98. The monoisotopic (exact) mass is 179 g/mol. The number of H-pyrrole nitrogens is 1. The van der Waals surface area contributed by atoms with Gasteiger partial charge in [0.2, 0.25) is 0 Å². The molecule has 0 aliphatic rings. The van der Waals surface area contributed by atoms with E-state index in [4.69, 9.17) is 5.73 Å². The number of rotatable bonds is 1. The van der Waals surface area contributed by atoms with E-state index in [1.165, 1.54) is 12.3 Å². The number of hydrogen-bond donors (Lipinski definition) is 2. The first-order chi connectivity index (χ1) is 6.16. The summed E-state index contributed by atoms with van der Waals surface area (Å²) in [5.41, 5.74) is 7.96. The smallest absolute Gasteiger partial charge is 0.143 e. The van der Waals surface area contributed by atoms with Gasteiger partial charge in [-0.1, -0.05) is 0 Å². The van der Waals surface area contributed by atoms with Crippen molar-refractivity contribution in [2.75, 3.05) is 0 Å². The molecular formula is C9H10FN3. The van der Waals surface area contributed by atoms with Gasteiger partial charge in [0, 0.05) is 17.8 Å². The molecule has 0 radical (unpaired) electrons. The predicted octanol–water partition coefficient (Wildman–Crippen LogP) is 1.72. The quantitative estimate of drug-likeness (QED) is 0.700. The van der Waals surface area contributed by atoms with Crippen molar-refractivity contribution in [2.24, 2.45) is 5.73 Å². The highest BCUT2D eigenvalue weighted by Crippen LogP contribution is 2.17. The maximum absolute atomic E-state index is 12.7. The van der Waals surface area contributed by atoms with E-state index in [1.807, 2.05) is 13.0 Å². The van der Waals surface area contributed by atoms with Crippen molar-refractivity contribution in [3.05, 3.63) is 29.8 Å². The van der Waals surface area contributed by atoms with Crippen LogP contribution in [0.4, 0.5) is 4.39 Å². The van der Waals surface area contributed by atoms with Crippen molar-refractivity contribution in [1.82, 2.24) is 9.97 Å². The Morgan fingerprint density at radius 2 is 2.31 bits per heavy atom. The van der Waals surface area contributed by atoms with Crippen LogP contribution in [0, 0.1) is 5.82 Å². The zero-order valence-electron chi connectivity index (χ0n) is 7.21. The van der Waals surface area contributed by atoms with Gasteiger partial charge in [-0.25, -0.2) is 4.39 Å². The van der Waals surface area contributed by atoms with E-state index in [0.29, 0.717) is 5.52 Å². The molecule has 0 saturated heterocycles. The molecular weight excluding hydrogens is 169 g/mol. The second kappa shape index (κ2) is 2.81. The van der Waals surface area contributed by atoms with Crippen molar-refractivity contribution < 1.29 is 4.39 Å². The van der Waals surface area contributed by atoms with E-state index in [2.05, 4.69) is 9.97 Å². The molecule has 0 amide bonds. The summed E-state index contributed by atoms with van der Waals surface area (Å²) in [5.74, 6) is -0.342. The second-order valence-corrected chi connectivity index (χ2v) is 3.10. The zero-order valence-corrected chi connectivity index (χ0v) is 7.21. The molecule has 68 valence electrons. The van der Waals surface area contributed by atoms with Crippen LogP contribution in [0.15, 0.2) is 18.3 Å². The number of aromatic nitrogens is 2. The molecule has 0 saturated carbocycles. The minimum Gasteiger partial charge on any atom is -0.356 e. The van der Waals surface area contributed by atoms with Gasteiger partial charge in [0.1, 0.15) is 5.82 Å². The Labute approximate surface area is 74.8 Å². The Morgan fingerprint density at radius 1 is 1.54 bits per heavy atom. The van der Waals surface area contributed by atoms with Gasteiger partial charge in [-0.3, -0.25) is 4.98 Å². The Hall–Kier alpha value is -1.42. The molecule has 2 aromatic rings. The lowest BCUT2D eigenvalue weighted by atomic mass is 10.2. The molecule has 4 heteroatoms. The Balaban J connectivity index is 2.62. The molecule has 0 aromatic carbocycles. The van der Waals surface area contributed by atoms with Gasteiger partial charge in [-0.2, -0.15) is 0 Å². The first-order valence-electron chi connectivity index (χ1n) is 4.06. The van der Waals surface area contributed by atoms with Gasteiger partial charge < -0.3 is 10.7 Å². The van der Waals surface area contributed by atoms with Crippen molar-refractivity contribution in [3.63, 3.8) is 0 Å². The third kappa shape index (κ3) is 1.40. The average molecular weight is 179 g/mol. The van der Waals surface area contributed by atoms with E-state index in [0.717, 1.165) is 11.2 Å². The van der Waals surface area contributed by atoms with Crippen LogP contribution < -0.4 is 5.73 Å². The standard InChI is InChI=1S/C9H10FN3/c1-5(11)7-3-8-9(13-7)2-6(10)4-12-8/h2-5,13H,11H2,1H3. The number of nitrogens with zero attached hydrogens (tertiary/aromatic N) is 1. The molecule has 1 unspecified atom stereocenters. The summed E-state index contributed by atoms with van der Waals surface area (Å²) in [7, 11) is 0. The van der Waals surface area contributed by atoms with Crippen LogP contribution in [0.3, 0.4) is 0 Å². The number of aromatic amines is 1. The van der Waals surface area contributed by atoms with E-state index >= 15 is 0 Å². The lowest BCUT2D eigenvalue weighted by molar-refractivity contribution is 0.624. The number of pyridine rings is 1. The van der Waals surface area contributed by atoms with Crippen LogP contribution in [-0.2, 0) is 0 Å². The fourth-order valence-corrected chi connectivity index (χ4v) is 1.25. The van der Waals surface area contributed by atoms with Crippen LogP contribution >= 0.6 is 0 Å². The summed E-state index contributed by atoms with van der Waals surface area (Å²) < 4.78 is 12.7. The van der Waals surface area contributed by atoms with E-state index in [-0.39, 0.29) is 11.9 Å². The Bertz CT molecular complexity index is 433. The summed E-state index contributed by atoms with van der Waals surface area (Å²) in [5, 5.41) is 0. The van der Waals surface area contributed by atoms with Crippen LogP contribution in [0.2, 0.25) is 0 Å². The fraction of sp³-hybridized carbons (Fsp3) is 0.222. The molecule has 1 atom stereocenters. The molecule has 0 spiro atoms. The molecule has 3 N–H and O–H groups in total. The van der Waals surface area contributed by atoms with Crippen molar-refractivity contribution in [3.8, 4) is 0 Å². The second-order valence-electron chi connectivity index (χ2n) is 3.10. The van der Waals surface area contributed by atoms with Crippen molar-refractivity contribution in [1.29, 1.82) is 0 Å². The fourth-order valence-electron chi connectivity index (χ4n) is 1.25. The summed E-state index contributed by atoms with van der Waals surface area (Å²) in [4.78, 5) is 6.93. The predicted molar refractivity (Wildman–Crippen MR) is 48.7 cm³/mol. The van der Waals surface area contributed by atoms with Crippen LogP contribution in [0.5, 0.6) is 0 Å². The highest BCUT2D eigenvalue weighted by Gasteiger charge is 2.05. The molecule has 0 aliphatic carbocycles. The van der Waals surface area contributed by atoms with Gasteiger partial charge in [-0.15, -0.1) is 0 Å². The molecule has 0 fully saturated rings. The third-order valence-electron chi connectivity index (χ3n) is 1.95. The Kier molecular flexibility index (Phi) is 1.77. The first-order valence-corrected chi connectivity index (χ1v) is 4.06. The summed E-state index contributed by atoms with van der Waals surface area (Å²) in [6.45, 7) is 1.86. The Morgan fingerprint density at radius 3 is 3.00 bits per heavy atom. The van der Waals surface area contributed by atoms with Crippen molar-refractivity contribution >= 4 is 11.0 Å². The SMILES string of the molecule is CC(N)c1cc2ncc(F)cc2[nH]1. The highest BCUT2D eigenvalue weighted by atomic mass is 19.1. The number of hydrogen-bond acceptors (Lipinski definition) is 2. The molecule has 2 heterocycles. The minimum absolute atomic E-state index is 0.0859. The van der Waals surface area contributed by atoms with Gasteiger partial charge in [0.15, 0.2) is 0 Å². The van der Waals surface area contributed by atoms with E-state index < -0.39 is 0 Å². The van der Waals surface area contributed by atoms with Crippen LogP contribution in [-0.4, -0.2) is 9.97 Å². The minimum atomic E-state index is -0.342. The summed E-state index contributed by atoms with van der Waals surface area (Å²) in [6, 6.07) is 3.16. The first kappa shape index (κ1) is 8.19. The molecule has 0 aliphatic heterocycles. The number of nitrogens with two attached hydrogens (primary N) is 1. The average Bonchev–Trinajstić information content (AvgIpc) is 2.46. The van der Waals surface area contributed by atoms with Gasteiger partial charge >= 0.3 is 0 Å². The maximum atomic E-state index is 12.7. The molecule has 13 heavy (non-hydrogen) atoms. The van der Waals surface area contributed by atoms with Crippen molar-refractivity contribution in [2.45, 2.75) is 13.0 Å². The maximum Gasteiger partial charge on any atom is 0.143 e. The molecule has 3 nitrogen and oxygen atoms in total. The number of nitrogens with one attached hydrogen (secondary N) is 1.